The van der Waals surface area contributed by atoms with Gasteiger partial charge in [-0.15, -0.1) is 0 Å². The van der Waals surface area contributed by atoms with E-state index in [9.17, 15) is 19.5 Å². The van der Waals surface area contributed by atoms with E-state index in [1.807, 2.05) is 4.90 Å². The highest BCUT2D eigenvalue weighted by molar-refractivity contribution is 5.85. The van der Waals surface area contributed by atoms with Crippen LogP contribution in [-0.4, -0.2) is 58.5 Å². The zero-order valence-corrected chi connectivity index (χ0v) is 21.6. The van der Waals surface area contributed by atoms with E-state index in [1.54, 1.807) is 6.92 Å². The molecule has 8 nitrogen and oxygen atoms in total. The Kier molecular flexibility index (Phi) is 9.21. The Morgan fingerprint density at radius 3 is 2.53 bits per heavy atom. The van der Waals surface area contributed by atoms with E-state index in [1.165, 1.54) is 12.0 Å². The zero-order valence-electron chi connectivity index (χ0n) is 21.6. The average molecular weight is 499 g/mol. The van der Waals surface area contributed by atoms with Gasteiger partial charge >= 0.3 is 5.97 Å². The maximum atomic E-state index is 13.1. The van der Waals surface area contributed by atoms with Crippen LogP contribution in [0.15, 0.2) is 12.1 Å². The van der Waals surface area contributed by atoms with E-state index >= 15 is 0 Å². The molecule has 2 bridgehead atoms. The summed E-state index contributed by atoms with van der Waals surface area (Å²) in [5, 5.41) is 15.9. The number of piperidine rings is 1. The number of fused-ring (bicyclic) bond motifs is 3. The fourth-order valence-electron chi connectivity index (χ4n) is 6.34. The van der Waals surface area contributed by atoms with Crippen molar-refractivity contribution in [3.8, 4) is 0 Å². The Morgan fingerprint density at radius 2 is 1.81 bits per heavy atom. The van der Waals surface area contributed by atoms with Crippen LogP contribution in [0.5, 0.6) is 0 Å². The Morgan fingerprint density at radius 1 is 1.08 bits per heavy atom. The van der Waals surface area contributed by atoms with Crippen LogP contribution in [0.1, 0.15) is 82.4 Å². The molecule has 1 aliphatic carbocycles. The van der Waals surface area contributed by atoms with Gasteiger partial charge in [-0.25, -0.2) is 9.78 Å². The number of hydrogen-bond donors (Lipinski definition) is 3. The number of aromatic nitrogens is 1. The monoisotopic (exact) mass is 498 g/mol. The van der Waals surface area contributed by atoms with Gasteiger partial charge in [-0.2, -0.15) is 0 Å². The largest absolute Gasteiger partial charge is 0.480 e. The molecule has 198 valence electrons. The first kappa shape index (κ1) is 26.4. The number of hydrogen-bond acceptors (Lipinski definition) is 5. The number of carbonyl (C=O) groups is 3. The van der Waals surface area contributed by atoms with Crippen LogP contribution in [0.2, 0.25) is 0 Å². The summed E-state index contributed by atoms with van der Waals surface area (Å²) in [4.78, 5) is 43.4. The first-order chi connectivity index (χ1) is 17.4. The number of likely N-dealkylation sites (tertiary alicyclic amines) is 1. The van der Waals surface area contributed by atoms with Gasteiger partial charge in [0.15, 0.2) is 0 Å². The molecule has 8 heteroatoms. The van der Waals surface area contributed by atoms with Crippen LogP contribution in [0.4, 0.5) is 5.82 Å². The Labute approximate surface area is 214 Å². The number of aliphatic carboxylic acids is 1. The third-order valence-corrected chi connectivity index (χ3v) is 8.32. The van der Waals surface area contributed by atoms with Gasteiger partial charge in [0.25, 0.3) is 0 Å². The summed E-state index contributed by atoms with van der Waals surface area (Å²) in [7, 11) is 0. The van der Waals surface area contributed by atoms with E-state index in [0.29, 0.717) is 19.5 Å². The van der Waals surface area contributed by atoms with Crippen molar-refractivity contribution in [2.75, 3.05) is 25.0 Å². The highest BCUT2D eigenvalue weighted by Gasteiger charge is 2.44. The number of rotatable bonds is 11. The summed E-state index contributed by atoms with van der Waals surface area (Å²) in [5.74, 6) is 0.115. The molecule has 3 N–H and O–H groups in total. The maximum Gasteiger partial charge on any atom is 0.326 e. The first-order valence-electron chi connectivity index (χ1n) is 13.9. The molecule has 2 amide bonds. The van der Waals surface area contributed by atoms with Gasteiger partial charge in [0.2, 0.25) is 11.8 Å². The number of nitrogens with one attached hydrogen (secondary N) is 2. The Balaban J connectivity index is 1.16. The lowest BCUT2D eigenvalue weighted by atomic mass is 9.68. The number of unbranched alkanes of at least 4 members (excludes halogenated alkanes) is 4. The fourth-order valence-corrected chi connectivity index (χ4v) is 6.34. The predicted octanol–water partition coefficient (Wildman–Crippen LogP) is 3.79. The molecule has 2 aliphatic heterocycles. The number of aryl methyl sites for hydroxylation is 2. The van der Waals surface area contributed by atoms with Gasteiger partial charge in [-0.05, 0) is 68.4 Å². The smallest absolute Gasteiger partial charge is 0.326 e. The lowest BCUT2D eigenvalue weighted by Crippen LogP contribution is -2.56. The molecule has 1 aromatic rings. The Bertz CT molecular complexity index is 922. The third kappa shape index (κ3) is 6.77. The molecule has 3 aliphatic rings. The number of carboxylic acid groups (broad SMARTS) is 1. The fraction of sp³-hybridized carbons (Fsp3) is 0.714. The number of pyridine rings is 1. The summed E-state index contributed by atoms with van der Waals surface area (Å²) < 4.78 is 0. The van der Waals surface area contributed by atoms with E-state index in [-0.39, 0.29) is 29.6 Å². The van der Waals surface area contributed by atoms with E-state index in [2.05, 4.69) is 22.8 Å². The molecular weight excluding hydrogens is 456 g/mol. The van der Waals surface area contributed by atoms with Crippen molar-refractivity contribution < 1.29 is 19.5 Å². The number of anilines is 1. The highest BCUT2D eigenvalue weighted by atomic mass is 16.4. The Hall–Kier alpha value is -2.64. The normalized spacial score (nSPS) is 23.8. The number of amides is 2. The summed E-state index contributed by atoms with van der Waals surface area (Å²) >= 11 is 0. The van der Waals surface area contributed by atoms with Crippen LogP contribution >= 0.6 is 0 Å². The van der Waals surface area contributed by atoms with Gasteiger partial charge < -0.3 is 20.6 Å². The molecule has 0 radical (unpaired) electrons. The van der Waals surface area contributed by atoms with Gasteiger partial charge in [-0.1, -0.05) is 38.2 Å². The van der Waals surface area contributed by atoms with Crippen LogP contribution in [0.25, 0.3) is 0 Å². The predicted molar refractivity (Wildman–Crippen MR) is 139 cm³/mol. The molecule has 3 heterocycles. The lowest BCUT2D eigenvalue weighted by Gasteiger charge is -2.46. The molecule has 0 unspecified atom stereocenters. The molecule has 0 aromatic carbocycles. The van der Waals surface area contributed by atoms with Crippen molar-refractivity contribution in [1.29, 1.82) is 0 Å². The lowest BCUT2D eigenvalue weighted by molar-refractivity contribution is -0.147. The van der Waals surface area contributed by atoms with Gasteiger partial charge in [0.05, 0.1) is 0 Å². The van der Waals surface area contributed by atoms with Gasteiger partial charge in [-0.3, -0.25) is 9.59 Å². The minimum Gasteiger partial charge on any atom is -0.480 e. The van der Waals surface area contributed by atoms with Crippen molar-refractivity contribution in [3.63, 3.8) is 0 Å². The van der Waals surface area contributed by atoms with E-state index < -0.39 is 12.0 Å². The van der Waals surface area contributed by atoms with Crippen molar-refractivity contribution in [3.05, 3.63) is 23.4 Å². The molecular formula is C28H42N4O4. The van der Waals surface area contributed by atoms with Crippen molar-refractivity contribution in [2.45, 2.75) is 90.0 Å². The molecule has 4 rings (SSSR count). The molecule has 1 aromatic heterocycles. The molecule has 1 saturated carbocycles. The first-order valence-corrected chi connectivity index (χ1v) is 13.9. The van der Waals surface area contributed by atoms with Crippen LogP contribution < -0.4 is 10.6 Å². The van der Waals surface area contributed by atoms with E-state index in [4.69, 9.17) is 4.98 Å². The third-order valence-electron chi connectivity index (χ3n) is 8.32. The molecule has 4 atom stereocenters. The second kappa shape index (κ2) is 12.5. The minimum atomic E-state index is -0.957. The van der Waals surface area contributed by atoms with Gasteiger partial charge in [0.1, 0.15) is 11.9 Å². The topological polar surface area (TPSA) is 112 Å². The van der Waals surface area contributed by atoms with Crippen LogP contribution in [0, 0.1) is 17.8 Å². The molecule has 36 heavy (non-hydrogen) atoms. The summed E-state index contributed by atoms with van der Waals surface area (Å²) in [6, 6.07) is 3.50. The molecule has 2 fully saturated rings. The van der Waals surface area contributed by atoms with Crippen molar-refractivity contribution in [2.24, 2.45) is 17.8 Å². The molecule has 0 spiro atoms. The van der Waals surface area contributed by atoms with Crippen LogP contribution in [-0.2, 0) is 27.2 Å². The average Bonchev–Trinajstić information content (AvgIpc) is 2.86. The number of nitrogens with zero attached hydrogens (tertiary/aromatic N) is 2. The quantitative estimate of drug-likeness (QED) is 0.400. The second-order valence-electron chi connectivity index (χ2n) is 10.9. The standard InChI is InChI=1S/C28H42N4O4/c1-19(33)32-17-21-9-7-10-22(18-32)25(21)27(34)31-24(28(35)36)13-6-4-2-3-5-12-23-15-14-20-11-8-16-29-26(20)30-23/h14-15,21-22,24-25H,2-13,16-18H2,1H3,(H,29,30)(H,31,34)(H,35,36)/t21-,22+,24-,25+/m0/s1. The number of carboxylic acids is 1. The highest BCUT2D eigenvalue weighted by Crippen LogP contribution is 2.40. The maximum absolute atomic E-state index is 13.1. The van der Waals surface area contributed by atoms with Gasteiger partial charge in [0, 0.05) is 38.2 Å². The number of carbonyl (C=O) groups excluding carboxylic acids is 2. The SMILES string of the molecule is CC(=O)N1C[C@H]2CCC[C@@H](C1)[C@H]2C(=O)N[C@@H](CCCCCCCc1ccc2c(n1)NCCC2)C(=O)O. The second-order valence-corrected chi connectivity index (χ2v) is 10.9. The zero-order chi connectivity index (χ0) is 25.5. The summed E-state index contributed by atoms with van der Waals surface area (Å²) in [6.45, 7) is 3.80. The van der Waals surface area contributed by atoms with Crippen LogP contribution in [0.3, 0.4) is 0 Å². The van der Waals surface area contributed by atoms with E-state index in [0.717, 1.165) is 82.3 Å². The van der Waals surface area contributed by atoms with Crippen molar-refractivity contribution in [1.82, 2.24) is 15.2 Å². The minimum absolute atomic E-state index is 0.0603. The summed E-state index contributed by atoms with van der Waals surface area (Å²) in [6.07, 6.45) is 11.6. The van der Waals surface area contributed by atoms with Crippen molar-refractivity contribution >= 4 is 23.6 Å². The molecule has 1 saturated heterocycles. The summed E-state index contributed by atoms with van der Waals surface area (Å²) in [5.41, 5.74) is 2.45.